The van der Waals surface area contributed by atoms with Gasteiger partial charge in [0.15, 0.2) is 6.61 Å². The van der Waals surface area contributed by atoms with E-state index in [1.165, 1.54) is 6.07 Å². The van der Waals surface area contributed by atoms with Crippen molar-refractivity contribution in [3.63, 3.8) is 0 Å². The zero-order valence-corrected chi connectivity index (χ0v) is 12.7. The zero-order valence-electron chi connectivity index (χ0n) is 12.7. The van der Waals surface area contributed by atoms with Crippen LogP contribution in [0.25, 0.3) is 11.0 Å². The lowest BCUT2D eigenvalue weighted by molar-refractivity contribution is -0.125. The molecule has 1 aromatic carbocycles. The topological polar surface area (TPSA) is 85.6 Å². The largest absolute Gasteiger partial charge is 0.452 e. The van der Waals surface area contributed by atoms with E-state index in [2.05, 4.69) is 5.32 Å². The lowest BCUT2D eigenvalue weighted by Crippen LogP contribution is -2.37. The maximum atomic E-state index is 12.0. The molecule has 1 aliphatic rings. The summed E-state index contributed by atoms with van der Waals surface area (Å²) >= 11 is 0. The van der Waals surface area contributed by atoms with E-state index in [0.29, 0.717) is 16.9 Å². The van der Waals surface area contributed by atoms with Crippen LogP contribution in [0.4, 0.5) is 0 Å². The molecule has 3 rings (SSSR count). The summed E-state index contributed by atoms with van der Waals surface area (Å²) in [6, 6.07) is 8.34. The minimum Gasteiger partial charge on any atom is -0.452 e. The van der Waals surface area contributed by atoms with Gasteiger partial charge < -0.3 is 14.5 Å². The van der Waals surface area contributed by atoms with Crippen molar-refractivity contribution in [3.05, 3.63) is 46.3 Å². The number of esters is 1. The highest BCUT2D eigenvalue weighted by atomic mass is 16.5. The number of fused-ring (bicyclic) bond motifs is 1. The molecular weight excluding hydrogens is 298 g/mol. The van der Waals surface area contributed by atoms with Gasteiger partial charge in [0.2, 0.25) is 0 Å². The van der Waals surface area contributed by atoms with Crippen LogP contribution in [0.5, 0.6) is 0 Å². The fourth-order valence-electron chi connectivity index (χ4n) is 2.42. The summed E-state index contributed by atoms with van der Waals surface area (Å²) in [7, 11) is 0. The average molecular weight is 315 g/mol. The van der Waals surface area contributed by atoms with Crippen LogP contribution >= 0.6 is 0 Å². The van der Waals surface area contributed by atoms with E-state index in [-0.39, 0.29) is 17.5 Å². The monoisotopic (exact) mass is 315 g/mol. The van der Waals surface area contributed by atoms with Gasteiger partial charge in [-0.2, -0.15) is 0 Å². The van der Waals surface area contributed by atoms with Crippen LogP contribution < -0.4 is 10.9 Å². The number of hydrogen-bond acceptors (Lipinski definition) is 5. The molecule has 1 heterocycles. The zero-order chi connectivity index (χ0) is 16.4. The number of carbonyl (C=O) groups excluding carboxylic acids is 2. The molecule has 0 aliphatic heterocycles. The van der Waals surface area contributed by atoms with Crippen LogP contribution in [0.15, 0.2) is 39.5 Å². The van der Waals surface area contributed by atoms with Gasteiger partial charge in [0.05, 0.1) is 0 Å². The first-order chi connectivity index (χ1) is 11.0. The van der Waals surface area contributed by atoms with Crippen molar-refractivity contribution in [3.8, 4) is 0 Å². The molecule has 1 atom stereocenters. The van der Waals surface area contributed by atoms with E-state index in [1.54, 1.807) is 24.3 Å². The maximum Gasteiger partial charge on any atom is 0.351 e. The molecule has 23 heavy (non-hydrogen) atoms. The van der Waals surface area contributed by atoms with E-state index in [1.807, 2.05) is 6.92 Å². The molecule has 0 saturated heterocycles. The summed E-state index contributed by atoms with van der Waals surface area (Å²) < 4.78 is 9.98. The Kier molecular flexibility index (Phi) is 4.14. The van der Waals surface area contributed by atoms with E-state index < -0.39 is 18.2 Å². The van der Waals surface area contributed by atoms with Gasteiger partial charge >= 0.3 is 11.6 Å². The Morgan fingerprint density at radius 2 is 2.09 bits per heavy atom. The Hall–Kier alpha value is -2.63. The van der Waals surface area contributed by atoms with Crippen LogP contribution in [0, 0.1) is 5.92 Å². The van der Waals surface area contributed by atoms with E-state index in [0.717, 1.165) is 12.8 Å². The molecule has 0 bridgehead atoms. The molecule has 1 aromatic heterocycles. The van der Waals surface area contributed by atoms with Crippen molar-refractivity contribution in [2.45, 2.75) is 25.8 Å². The van der Waals surface area contributed by atoms with Gasteiger partial charge in [0.25, 0.3) is 5.91 Å². The third-order valence-electron chi connectivity index (χ3n) is 3.91. The van der Waals surface area contributed by atoms with Crippen molar-refractivity contribution >= 4 is 22.8 Å². The molecule has 0 radical (unpaired) electrons. The Balaban J connectivity index is 1.64. The minimum absolute atomic E-state index is 0.0759. The van der Waals surface area contributed by atoms with Crippen LogP contribution in [-0.4, -0.2) is 24.5 Å². The number of rotatable bonds is 5. The molecule has 1 aliphatic carbocycles. The Morgan fingerprint density at radius 3 is 2.83 bits per heavy atom. The van der Waals surface area contributed by atoms with Gasteiger partial charge in [-0.05, 0) is 37.8 Å². The van der Waals surface area contributed by atoms with Gasteiger partial charge in [-0.1, -0.05) is 18.2 Å². The summed E-state index contributed by atoms with van der Waals surface area (Å²) in [4.78, 5) is 35.5. The smallest absolute Gasteiger partial charge is 0.351 e. The molecular formula is C17H17NO5. The van der Waals surface area contributed by atoms with Gasteiger partial charge in [-0.25, -0.2) is 9.59 Å². The van der Waals surface area contributed by atoms with Crippen molar-refractivity contribution in [2.24, 2.45) is 5.92 Å². The highest BCUT2D eigenvalue weighted by Gasteiger charge is 2.29. The predicted octanol–water partition coefficient (Wildman–Crippen LogP) is 1.86. The number of carbonyl (C=O) groups is 2. The number of amides is 1. The average Bonchev–Trinajstić information content (AvgIpc) is 3.36. The number of benzene rings is 1. The second-order valence-electron chi connectivity index (χ2n) is 5.76. The normalized spacial score (nSPS) is 15.2. The molecule has 0 spiro atoms. The molecule has 1 saturated carbocycles. The van der Waals surface area contributed by atoms with E-state index >= 15 is 0 Å². The van der Waals surface area contributed by atoms with Gasteiger partial charge in [0, 0.05) is 11.4 Å². The van der Waals surface area contributed by atoms with Crippen LogP contribution in [0.1, 0.15) is 30.1 Å². The predicted molar refractivity (Wildman–Crippen MR) is 83.1 cm³/mol. The minimum atomic E-state index is -0.862. The summed E-state index contributed by atoms with van der Waals surface area (Å²) in [5.74, 6) is -0.719. The van der Waals surface area contributed by atoms with Crippen LogP contribution in [-0.2, 0) is 9.53 Å². The van der Waals surface area contributed by atoms with Crippen molar-refractivity contribution in [2.75, 3.05) is 6.61 Å². The lowest BCUT2D eigenvalue weighted by Gasteiger charge is -2.12. The van der Waals surface area contributed by atoms with Crippen molar-refractivity contribution in [1.29, 1.82) is 0 Å². The fourth-order valence-corrected chi connectivity index (χ4v) is 2.42. The SMILES string of the molecule is C[C@H](NC(=O)COC(=O)c1cc2ccccc2oc1=O)C1CC1. The van der Waals surface area contributed by atoms with Gasteiger partial charge in [-0.15, -0.1) is 0 Å². The molecule has 0 unspecified atom stereocenters. The summed E-state index contributed by atoms with van der Waals surface area (Å²) in [6.45, 7) is 1.51. The summed E-state index contributed by atoms with van der Waals surface area (Å²) in [5.41, 5.74) is -0.600. The first-order valence-electron chi connectivity index (χ1n) is 7.54. The Bertz CT molecular complexity index is 806. The Labute approximate surface area is 132 Å². The molecule has 1 N–H and O–H groups in total. The van der Waals surface area contributed by atoms with Crippen molar-refractivity contribution < 1.29 is 18.7 Å². The first kappa shape index (κ1) is 15.3. The number of hydrogen-bond donors (Lipinski definition) is 1. The van der Waals surface area contributed by atoms with Gasteiger partial charge in [0.1, 0.15) is 11.1 Å². The van der Waals surface area contributed by atoms with E-state index in [9.17, 15) is 14.4 Å². The quantitative estimate of drug-likeness (QED) is 0.672. The molecule has 1 fully saturated rings. The lowest BCUT2D eigenvalue weighted by atomic mass is 10.2. The third kappa shape index (κ3) is 3.59. The number of nitrogens with one attached hydrogen (secondary N) is 1. The van der Waals surface area contributed by atoms with Crippen LogP contribution in [0.3, 0.4) is 0 Å². The standard InChI is InChI=1S/C17H17NO5/c1-10(11-6-7-11)18-15(19)9-22-16(20)13-8-12-4-2-3-5-14(12)23-17(13)21/h2-5,8,10-11H,6-7,9H2,1H3,(H,18,19)/t10-/m0/s1. The van der Waals surface area contributed by atoms with Gasteiger partial charge in [-0.3, -0.25) is 4.79 Å². The second-order valence-corrected chi connectivity index (χ2v) is 5.76. The number of ether oxygens (including phenoxy) is 1. The molecule has 6 nitrogen and oxygen atoms in total. The first-order valence-corrected chi connectivity index (χ1v) is 7.54. The summed E-state index contributed by atoms with van der Waals surface area (Å²) in [6.07, 6.45) is 2.22. The van der Waals surface area contributed by atoms with E-state index in [4.69, 9.17) is 9.15 Å². The third-order valence-corrected chi connectivity index (χ3v) is 3.91. The second kappa shape index (κ2) is 6.24. The molecule has 6 heteroatoms. The van der Waals surface area contributed by atoms with Crippen molar-refractivity contribution in [1.82, 2.24) is 5.32 Å². The summed E-state index contributed by atoms with van der Waals surface area (Å²) in [5, 5.41) is 3.39. The Morgan fingerprint density at radius 1 is 1.35 bits per heavy atom. The fraction of sp³-hybridized carbons (Fsp3) is 0.353. The number of para-hydroxylation sites is 1. The molecule has 1 amide bonds. The highest BCUT2D eigenvalue weighted by molar-refractivity contribution is 5.94. The van der Waals surface area contributed by atoms with Crippen LogP contribution in [0.2, 0.25) is 0 Å². The molecule has 120 valence electrons. The molecule has 2 aromatic rings. The maximum absolute atomic E-state index is 12.0. The highest BCUT2D eigenvalue weighted by Crippen LogP contribution is 2.32.